The van der Waals surface area contributed by atoms with Gasteiger partial charge in [0.25, 0.3) is 0 Å². The zero-order valence-electron chi connectivity index (χ0n) is 18.2. The fourth-order valence-corrected chi connectivity index (χ4v) is 4.16. The highest BCUT2D eigenvalue weighted by atomic mass is 16.5. The first-order valence-corrected chi connectivity index (χ1v) is 10.6. The minimum atomic E-state index is -0.413. The van der Waals surface area contributed by atoms with Crippen molar-refractivity contribution in [3.05, 3.63) is 84.4 Å². The van der Waals surface area contributed by atoms with Crippen LogP contribution in [-0.4, -0.2) is 26.0 Å². The maximum absolute atomic E-state index is 13.4. The molecule has 0 radical (unpaired) electrons. The van der Waals surface area contributed by atoms with Crippen molar-refractivity contribution in [3.8, 4) is 11.5 Å². The Hall–Kier alpha value is -3.80. The molecule has 0 aromatic heterocycles. The van der Waals surface area contributed by atoms with Crippen LogP contribution in [0, 0.1) is 5.92 Å². The van der Waals surface area contributed by atoms with Gasteiger partial charge in [-0.05, 0) is 60.5 Å². The van der Waals surface area contributed by atoms with Gasteiger partial charge in [-0.15, -0.1) is 0 Å². The molecule has 0 aliphatic carbocycles. The van der Waals surface area contributed by atoms with E-state index in [2.05, 4.69) is 5.32 Å². The molecule has 0 spiro atoms. The lowest BCUT2D eigenvalue weighted by Gasteiger charge is -2.41. The molecule has 6 nitrogen and oxygen atoms in total. The minimum Gasteiger partial charge on any atom is -0.497 e. The van der Waals surface area contributed by atoms with E-state index in [0.717, 1.165) is 17.0 Å². The molecule has 4 rings (SSSR count). The van der Waals surface area contributed by atoms with Crippen molar-refractivity contribution >= 4 is 23.2 Å². The molecule has 2 atom stereocenters. The monoisotopic (exact) mass is 430 g/mol. The molecule has 1 heterocycles. The molecule has 2 unspecified atom stereocenters. The Kier molecular flexibility index (Phi) is 6.40. The Morgan fingerprint density at radius 3 is 2.06 bits per heavy atom. The summed E-state index contributed by atoms with van der Waals surface area (Å²) < 4.78 is 10.5. The summed E-state index contributed by atoms with van der Waals surface area (Å²) in [4.78, 5) is 28.2. The van der Waals surface area contributed by atoms with Crippen molar-refractivity contribution < 1.29 is 19.1 Å². The highest BCUT2D eigenvalue weighted by molar-refractivity contribution is 6.00. The number of rotatable bonds is 6. The van der Waals surface area contributed by atoms with Crippen LogP contribution in [0.25, 0.3) is 0 Å². The first kappa shape index (κ1) is 21.4. The Balaban J connectivity index is 1.68. The predicted octanol–water partition coefficient (Wildman–Crippen LogP) is 4.83. The van der Waals surface area contributed by atoms with Crippen LogP contribution >= 0.6 is 0 Å². The van der Waals surface area contributed by atoms with Gasteiger partial charge < -0.3 is 19.7 Å². The molecule has 6 heteroatoms. The van der Waals surface area contributed by atoms with Crippen LogP contribution in [0.15, 0.2) is 78.9 Å². The number of hydrogen-bond donors (Lipinski definition) is 1. The van der Waals surface area contributed by atoms with E-state index in [9.17, 15) is 9.59 Å². The lowest BCUT2D eigenvalue weighted by molar-refractivity contribution is -0.125. The molecule has 3 aromatic rings. The predicted molar refractivity (Wildman–Crippen MR) is 124 cm³/mol. The largest absolute Gasteiger partial charge is 0.497 e. The molecule has 1 saturated heterocycles. The van der Waals surface area contributed by atoms with Gasteiger partial charge in [-0.1, -0.05) is 30.3 Å². The second-order valence-electron chi connectivity index (χ2n) is 7.68. The number of hydrogen-bond acceptors (Lipinski definition) is 4. The van der Waals surface area contributed by atoms with Gasteiger partial charge >= 0.3 is 0 Å². The molecule has 2 amide bonds. The normalized spacial score (nSPS) is 18.2. The molecule has 0 saturated carbocycles. The quantitative estimate of drug-likeness (QED) is 0.608. The fraction of sp³-hybridized carbons (Fsp3) is 0.231. The van der Waals surface area contributed by atoms with Gasteiger partial charge in [0, 0.05) is 17.8 Å². The number of nitrogens with zero attached hydrogens (tertiary/aromatic N) is 1. The van der Waals surface area contributed by atoms with Gasteiger partial charge in [0.15, 0.2) is 0 Å². The van der Waals surface area contributed by atoms with Crippen molar-refractivity contribution in [2.75, 3.05) is 24.4 Å². The van der Waals surface area contributed by atoms with E-state index in [1.165, 1.54) is 0 Å². The molecule has 1 N–H and O–H groups in total. The van der Waals surface area contributed by atoms with E-state index in [1.54, 1.807) is 31.3 Å². The molecule has 1 aliphatic heterocycles. The third-order valence-electron chi connectivity index (χ3n) is 5.78. The van der Waals surface area contributed by atoms with Crippen LogP contribution < -0.4 is 19.7 Å². The standard InChI is InChI=1S/C26H26N2O4/c1-31-21-12-8-19(9-13-21)27-26(30)23-16-17-24(29)28(20-10-14-22(32-2)15-11-20)25(23)18-6-4-3-5-7-18/h3-15,23,25H,16-17H2,1-2H3,(H,27,30). The second-order valence-corrected chi connectivity index (χ2v) is 7.68. The zero-order valence-corrected chi connectivity index (χ0v) is 18.2. The maximum atomic E-state index is 13.4. The van der Waals surface area contributed by atoms with Crippen LogP contribution in [0.3, 0.4) is 0 Å². The lowest BCUT2D eigenvalue weighted by Crippen LogP contribution is -2.46. The number of amides is 2. The third kappa shape index (κ3) is 4.44. The molecule has 32 heavy (non-hydrogen) atoms. The Labute approximate surface area is 187 Å². The van der Waals surface area contributed by atoms with Gasteiger partial charge in [-0.25, -0.2) is 0 Å². The van der Waals surface area contributed by atoms with Crippen LogP contribution in [0.4, 0.5) is 11.4 Å². The van der Waals surface area contributed by atoms with E-state index in [1.807, 2.05) is 66.7 Å². The van der Waals surface area contributed by atoms with Gasteiger partial charge in [0.1, 0.15) is 11.5 Å². The van der Waals surface area contributed by atoms with E-state index < -0.39 is 12.0 Å². The Morgan fingerprint density at radius 2 is 1.47 bits per heavy atom. The van der Waals surface area contributed by atoms with E-state index in [0.29, 0.717) is 24.3 Å². The number of ether oxygens (including phenoxy) is 2. The number of benzene rings is 3. The van der Waals surface area contributed by atoms with E-state index in [-0.39, 0.29) is 11.8 Å². The highest BCUT2D eigenvalue weighted by Gasteiger charge is 2.41. The Bertz CT molecular complexity index is 1070. The zero-order chi connectivity index (χ0) is 22.5. The third-order valence-corrected chi connectivity index (χ3v) is 5.78. The van der Waals surface area contributed by atoms with Crippen molar-refractivity contribution in [2.45, 2.75) is 18.9 Å². The average Bonchev–Trinajstić information content (AvgIpc) is 2.85. The summed E-state index contributed by atoms with van der Waals surface area (Å²) in [6, 6.07) is 23.9. The summed E-state index contributed by atoms with van der Waals surface area (Å²) in [6.45, 7) is 0. The molecule has 3 aromatic carbocycles. The number of piperidine rings is 1. The molecule has 164 valence electrons. The van der Waals surface area contributed by atoms with Crippen molar-refractivity contribution in [1.29, 1.82) is 0 Å². The number of nitrogens with one attached hydrogen (secondary N) is 1. The maximum Gasteiger partial charge on any atom is 0.229 e. The molecular formula is C26H26N2O4. The van der Waals surface area contributed by atoms with Crippen LogP contribution in [0.5, 0.6) is 11.5 Å². The average molecular weight is 431 g/mol. The van der Waals surface area contributed by atoms with Gasteiger partial charge in [-0.3, -0.25) is 9.59 Å². The second kappa shape index (κ2) is 9.56. The molecule has 0 bridgehead atoms. The van der Waals surface area contributed by atoms with E-state index >= 15 is 0 Å². The summed E-state index contributed by atoms with van der Waals surface area (Å²) in [5, 5.41) is 3.02. The van der Waals surface area contributed by atoms with Gasteiger partial charge in [-0.2, -0.15) is 0 Å². The fourth-order valence-electron chi connectivity index (χ4n) is 4.16. The van der Waals surface area contributed by atoms with Crippen molar-refractivity contribution in [3.63, 3.8) is 0 Å². The summed E-state index contributed by atoms with van der Waals surface area (Å²) in [5.41, 5.74) is 2.35. The SMILES string of the molecule is COc1ccc(NC(=O)C2CCC(=O)N(c3ccc(OC)cc3)C2c2ccccc2)cc1. The number of carbonyl (C=O) groups is 2. The van der Waals surface area contributed by atoms with Crippen LogP contribution in [0.1, 0.15) is 24.4 Å². The van der Waals surface area contributed by atoms with Crippen molar-refractivity contribution in [1.82, 2.24) is 0 Å². The van der Waals surface area contributed by atoms with Crippen molar-refractivity contribution in [2.24, 2.45) is 5.92 Å². The number of carbonyl (C=O) groups excluding carboxylic acids is 2. The summed E-state index contributed by atoms with van der Waals surface area (Å²) in [5.74, 6) is 0.911. The molecular weight excluding hydrogens is 404 g/mol. The lowest BCUT2D eigenvalue weighted by atomic mass is 9.83. The van der Waals surface area contributed by atoms with Crippen LogP contribution in [-0.2, 0) is 9.59 Å². The first-order valence-electron chi connectivity index (χ1n) is 10.6. The minimum absolute atomic E-state index is 0.00230. The topological polar surface area (TPSA) is 67.9 Å². The molecule has 1 aliphatic rings. The summed E-state index contributed by atoms with van der Waals surface area (Å²) >= 11 is 0. The number of anilines is 2. The number of methoxy groups -OCH3 is 2. The first-order chi connectivity index (χ1) is 15.6. The van der Waals surface area contributed by atoms with Gasteiger partial charge in [0.2, 0.25) is 11.8 Å². The van der Waals surface area contributed by atoms with Gasteiger partial charge in [0.05, 0.1) is 26.2 Å². The summed E-state index contributed by atoms with van der Waals surface area (Å²) in [6.07, 6.45) is 0.781. The Morgan fingerprint density at radius 1 is 0.875 bits per heavy atom. The summed E-state index contributed by atoms with van der Waals surface area (Å²) in [7, 11) is 3.21. The van der Waals surface area contributed by atoms with Crippen LogP contribution in [0.2, 0.25) is 0 Å². The van der Waals surface area contributed by atoms with E-state index in [4.69, 9.17) is 9.47 Å². The smallest absolute Gasteiger partial charge is 0.229 e. The highest BCUT2D eigenvalue weighted by Crippen LogP contribution is 2.40. The molecule has 1 fully saturated rings.